The van der Waals surface area contributed by atoms with Crippen molar-refractivity contribution in [2.75, 3.05) is 11.9 Å². The molecule has 3 aromatic rings. The summed E-state index contributed by atoms with van der Waals surface area (Å²) < 4.78 is 5.24. The van der Waals surface area contributed by atoms with Gasteiger partial charge in [-0.05, 0) is 23.7 Å². The van der Waals surface area contributed by atoms with Crippen molar-refractivity contribution in [3.8, 4) is 11.5 Å². The van der Waals surface area contributed by atoms with Gasteiger partial charge in [0.05, 0.1) is 10.7 Å². The smallest absolute Gasteiger partial charge is 0.263 e. The molecule has 0 amide bonds. The molecular weight excluding hydrogens is 284 g/mol. The molecule has 2 heterocycles. The molecule has 0 spiro atoms. The standard InChI is InChI=1S/C15H16N4OS/c1-2-13-17-12(10-21-13)8-9-16-15-18-14(20-19-15)11-6-4-3-5-7-11/h3-7,10H,2,8-9H2,1H3,(H,16,19). The van der Waals surface area contributed by atoms with Crippen LogP contribution >= 0.6 is 11.3 Å². The van der Waals surface area contributed by atoms with Crippen molar-refractivity contribution >= 4 is 17.3 Å². The molecule has 0 saturated carbocycles. The number of aryl methyl sites for hydroxylation is 1. The summed E-state index contributed by atoms with van der Waals surface area (Å²) in [6.45, 7) is 2.85. The first-order valence-corrected chi connectivity index (χ1v) is 7.79. The zero-order valence-corrected chi connectivity index (χ0v) is 12.6. The fourth-order valence-corrected chi connectivity index (χ4v) is 2.70. The number of rotatable bonds is 6. The summed E-state index contributed by atoms with van der Waals surface area (Å²) in [5.41, 5.74) is 2.03. The third-order valence-electron chi connectivity index (χ3n) is 3.01. The van der Waals surface area contributed by atoms with Crippen molar-refractivity contribution in [2.45, 2.75) is 19.8 Å². The van der Waals surface area contributed by atoms with Crippen LogP contribution in [-0.4, -0.2) is 21.7 Å². The highest BCUT2D eigenvalue weighted by molar-refractivity contribution is 7.09. The molecule has 2 aromatic heterocycles. The maximum atomic E-state index is 5.24. The Bertz CT molecular complexity index is 693. The van der Waals surface area contributed by atoms with Gasteiger partial charge in [-0.3, -0.25) is 0 Å². The molecule has 0 fully saturated rings. The van der Waals surface area contributed by atoms with Crippen LogP contribution in [0.3, 0.4) is 0 Å². The first-order chi connectivity index (χ1) is 10.3. The number of hydrogen-bond acceptors (Lipinski definition) is 6. The minimum absolute atomic E-state index is 0.514. The van der Waals surface area contributed by atoms with Gasteiger partial charge in [-0.2, -0.15) is 4.98 Å². The second kappa shape index (κ2) is 6.49. The second-order valence-corrected chi connectivity index (χ2v) is 5.49. The Balaban J connectivity index is 1.55. The average molecular weight is 300 g/mol. The van der Waals surface area contributed by atoms with Gasteiger partial charge in [0, 0.05) is 23.9 Å². The lowest BCUT2D eigenvalue weighted by Gasteiger charge is -1.98. The van der Waals surface area contributed by atoms with E-state index in [1.54, 1.807) is 11.3 Å². The van der Waals surface area contributed by atoms with Gasteiger partial charge in [0.2, 0.25) is 0 Å². The summed E-state index contributed by atoms with van der Waals surface area (Å²) >= 11 is 1.71. The SMILES string of the molecule is CCc1nc(CCNc2noc(-c3ccccc3)n2)cs1. The van der Waals surface area contributed by atoms with Crippen LogP contribution in [-0.2, 0) is 12.8 Å². The number of anilines is 1. The molecule has 0 bridgehead atoms. The molecule has 0 atom stereocenters. The summed E-state index contributed by atoms with van der Waals surface area (Å²) in [5.74, 6) is 1.04. The number of thiazole rings is 1. The summed E-state index contributed by atoms with van der Waals surface area (Å²) in [6.07, 6.45) is 1.84. The lowest BCUT2D eigenvalue weighted by molar-refractivity contribution is 0.432. The third kappa shape index (κ3) is 3.46. The van der Waals surface area contributed by atoms with Gasteiger partial charge in [-0.15, -0.1) is 11.3 Å². The van der Waals surface area contributed by atoms with E-state index in [0.717, 1.165) is 30.6 Å². The molecule has 0 unspecified atom stereocenters. The quantitative estimate of drug-likeness (QED) is 0.755. The molecule has 1 aromatic carbocycles. The highest BCUT2D eigenvalue weighted by atomic mass is 32.1. The summed E-state index contributed by atoms with van der Waals surface area (Å²) in [6, 6.07) is 9.73. The molecule has 6 heteroatoms. The minimum atomic E-state index is 0.514. The van der Waals surface area contributed by atoms with Crippen molar-refractivity contribution < 1.29 is 4.52 Å². The topological polar surface area (TPSA) is 63.8 Å². The molecule has 108 valence electrons. The molecule has 0 aliphatic carbocycles. The van der Waals surface area contributed by atoms with E-state index in [4.69, 9.17) is 4.52 Å². The molecule has 0 aliphatic heterocycles. The Labute approximate surface area is 127 Å². The van der Waals surface area contributed by atoms with Crippen LogP contribution in [0.5, 0.6) is 0 Å². The second-order valence-electron chi connectivity index (χ2n) is 4.55. The Kier molecular flexibility index (Phi) is 4.25. The Morgan fingerprint density at radius 3 is 2.81 bits per heavy atom. The average Bonchev–Trinajstić information content (AvgIpc) is 3.17. The monoisotopic (exact) mass is 300 g/mol. The Morgan fingerprint density at radius 1 is 1.19 bits per heavy atom. The van der Waals surface area contributed by atoms with Crippen LogP contribution in [0.2, 0.25) is 0 Å². The number of benzene rings is 1. The fourth-order valence-electron chi connectivity index (χ4n) is 1.92. The van der Waals surface area contributed by atoms with Gasteiger partial charge >= 0.3 is 0 Å². The number of nitrogens with one attached hydrogen (secondary N) is 1. The maximum Gasteiger partial charge on any atom is 0.263 e. The van der Waals surface area contributed by atoms with Crippen molar-refractivity contribution in [2.24, 2.45) is 0 Å². The van der Waals surface area contributed by atoms with Gasteiger partial charge in [0.25, 0.3) is 11.8 Å². The van der Waals surface area contributed by atoms with E-state index in [1.807, 2.05) is 30.3 Å². The number of hydrogen-bond donors (Lipinski definition) is 1. The van der Waals surface area contributed by atoms with Crippen molar-refractivity contribution in [1.29, 1.82) is 0 Å². The predicted octanol–water partition coefficient (Wildman–Crippen LogP) is 3.41. The highest BCUT2D eigenvalue weighted by Gasteiger charge is 2.08. The van der Waals surface area contributed by atoms with Crippen LogP contribution in [0.25, 0.3) is 11.5 Å². The molecule has 3 rings (SSSR count). The fraction of sp³-hybridized carbons (Fsp3) is 0.267. The van der Waals surface area contributed by atoms with E-state index >= 15 is 0 Å². The largest absolute Gasteiger partial charge is 0.351 e. The van der Waals surface area contributed by atoms with E-state index in [9.17, 15) is 0 Å². The maximum absolute atomic E-state index is 5.24. The van der Waals surface area contributed by atoms with E-state index in [0.29, 0.717) is 11.8 Å². The van der Waals surface area contributed by atoms with E-state index < -0.39 is 0 Å². The first-order valence-electron chi connectivity index (χ1n) is 6.91. The molecule has 21 heavy (non-hydrogen) atoms. The minimum Gasteiger partial charge on any atom is -0.351 e. The van der Waals surface area contributed by atoms with Crippen LogP contribution in [0.4, 0.5) is 5.95 Å². The highest BCUT2D eigenvalue weighted by Crippen LogP contribution is 2.17. The number of aromatic nitrogens is 3. The zero-order chi connectivity index (χ0) is 14.5. The van der Waals surface area contributed by atoms with Gasteiger partial charge in [-0.1, -0.05) is 25.1 Å². The molecular formula is C15H16N4OS. The van der Waals surface area contributed by atoms with Gasteiger partial charge in [-0.25, -0.2) is 4.98 Å². The molecule has 5 nitrogen and oxygen atoms in total. The summed E-state index contributed by atoms with van der Waals surface area (Å²) in [4.78, 5) is 8.85. The Hall–Kier alpha value is -2.21. The molecule has 0 aliphatic rings. The van der Waals surface area contributed by atoms with Crippen molar-refractivity contribution in [3.05, 3.63) is 46.4 Å². The molecule has 0 radical (unpaired) electrons. The van der Waals surface area contributed by atoms with E-state index in [-0.39, 0.29) is 0 Å². The number of nitrogens with zero attached hydrogens (tertiary/aromatic N) is 3. The predicted molar refractivity (Wildman–Crippen MR) is 83.4 cm³/mol. The van der Waals surface area contributed by atoms with E-state index in [2.05, 4.69) is 32.7 Å². The lowest BCUT2D eigenvalue weighted by atomic mass is 10.2. The van der Waals surface area contributed by atoms with Gasteiger partial charge in [0.1, 0.15) is 0 Å². The molecule has 0 saturated heterocycles. The Morgan fingerprint density at radius 2 is 2.05 bits per heavy atom. The normalized spacial score (nSPS) is 10.7. The molecule has 1 N–H and O–H groups in total. The van der Waals surface area contributed by atoms with Crippen molar-refractivity contribution in [1.82, 2.24) is 15.1 Å². The van der Waals surface area contributed by atoms with Crippen molar-refractivity contribution in [3.63, 3.8) is 0 Å². The summed E-state index contributed by atoms with van der Waals surface area (Å²) in [5, 5.41) is 10.4. The summed E-state index contributed by atoms with van der Waals surface area (Å²) in [7, 11) is 0. The zero-order valence-electron chi connectivity index (χ0n) is 11.7. The van der Waals surface area contributed by atoms with Gasteiger partial charge in [0.15, 0.2) is 0 Å². The van der Waals surface area contributed by atoms with Crippen LogP contribution in [0.1, 0.15) is 17.6 Å². The third-order valence-corrected chi connectivity index (χ3v) is 4.05. The van der Waals surface area contributed by atoms with E-state index in [1.165, 1.54) is 5.01 Å². The first kappa shape index (κ1) is 13.8. The van der Waals surface area contributed by atoms with Crippen LogP contribution in [0.15, 0.2) is 40.2 Å². The van der Waals surface area contributed by atoms with Crippen LogP contribution in [0, 0.1) is 0 Å². The van der Waals surface area contributed by atoms with Crippen LogP contribution < -0.4 is 5.32 Å². The lowest BCUT2D eigenvalue weighted by Crippen LogP contribution is -2.06. The van der Waals surface area contributed by atoms with Gasteiger partial charge < -0.3 is 9.84 Å².